The molecule has 0 atom stereocenters. The van der Waals surface area contributed by atoms with Gasteiger partial charge in [0.25, 0.3) is 5.91 Å². The third kappa shape index (κ3) is 3.59. The molecule has 0 bridgehead atoms. The summed E-state index contributed by atoms with van der Waals surface area (Å²) in [7, 11) is -3.70. The van der Waals surface area contributed by atoms with Crippen molar-refractivity contribution in [2.75, 3.05) is 13.1 Å². The molecule has 1 amide bonds. The summed E-state index contributed by atoms with van der Waals surface area (Å²) < 4.78 is 54.7. The van der Waals surface area contributed by atoms with Crippen molar-refractivity contribution in [1.29, 1.82) is 0 Å². The highest BCUT2D eigenvalue weighted by atomic mass is 32.2. The van der Waals surface area contributed by atoms with Crippen molar-refractivity contribution in [3.05, 3.63) is 66.1 Å². The molecule has 0 radical (unpaired) electrons. The summed E-state index contributed by atoms with van der Waals surface area (Å²) in [5, 5.41) is 2.81. The van der Waals surface area contributed by atoms with Gasteiger partial charge in [-0.2, -0.15) is 4.31 Å². The maximum atomic E-state index is 13.1. The van der Waals surface area contributed by atoms with E-state index in [9.17, 15) is 22.0 Å². The minimum Gasteiger partial charge on any atom is -0.348 e. The van der Waals surface area contributed by atoms with Gasteiger partial charge in [0.2, 0.25) is 15.9 Å². The number of sulfonamides is 1. The molecule has 1 aliphatic heterocycles. The number of fused-ring (bicyclic) bond motifs is 1. The molecule has 1 spiro atoms. The molecule has 10 heteroatoms. The molecule has 162 valence electrons. The number of halogens is 2. The number of amides is 1. The summed E-state index contributed by atoms with van der Waals surface area (Å²) in [4.78, 5) is 16.6. The van der Waals surface area contributed by atoms with E-state index in [1.54, 1.807) is 47.3 Å². The lowest BCUT2D eigenvalue weighted by molar-refractivity contribution is -0.197. The second-order valence-corrected chi connectivity index (χ2v) is 10.4. The van der Waals surface area contributed by atoms with Gasteiger partial charge in [0.1, 0.15) is 5.65 Å². The number of carbonyl (C=O) groups is 1. The molecule has 1 N–H and O–H groups in total. The predicted molar refractivity (Wildman–Crippen MR) is 108 cm³/mol. The quantitative estimate of drug-likeness (QED) is 0.653. The number of imidazole rings is 1. The number of rotatable bonds is 5. The van der Waals surface area contributed by atoms with Gasteiger partial charge in [-0.1, -0.05) is 12.1 Å². The van der Waals surface area contributed by atoms with Gasteiger partial charge < -0.3 is 9.72 Å². The molecule has 2 fully saturated rings. The zero-order chi connectivity index (χ0) is 21.9. The monoisotopic (exact) mass is 446 g/mol. The average molecular weight is 446 g/mol. The first kappa shape index (κ1) is 20.1. The van der Waals surface area contributed by atoms with Gasteiger partial charge >= 0.3 is 0 Å². The van der Waals surface area contributed by atoms with Crippen molar-refractivity contribution >= 4 is 21.6 Å². The molecule has 1 saturated heterocycles. The summed E-state index contributed by atoms with van der Waals surface area (Å²) in [5.41, 5.74) is 1.42. The van der Waals surface area contributed by atoms with Crippen LogP contribution < -0.4 is 5.32 Å². The Kier molecular flexibility index (Phi) is 4.42. The summed E-state index contributed by atoms with van der Waals surface area (Å²) >= 11 is 0. The van der Waals surface area contributed by atoms with Crippen molar-refractivity contribution in [1.82, 2.24) is 19.0 Å². The first-order valence-corrected chi connectivity index (χ1v) is 11.3. The minimum atomic E-state index is -3.70. The van der Waals surface area contributed by atoms with Crippen LogP contribution in [0.5, 0.6) is 0 Å². The van der Waals surface area contributed by atoms with Crippen LogP contribution in [-0.4, -0.2) is 47.0 Å². The molecule has 2 aliphatic rings. The molecule has 1 aromatic carbocycles. The van der Waals surface area contributed by atoms with Crippen molar-refractivity contribution in [3.8, 4) is 0 Å². The van der Waals surface area contributed by atoms with Crippen molar-refractivity contribution in [2.24, 2.45) is 5.41 Å². The smallest absolute Gasteiger partial charge is 0.253 e. The molecule has 7 nitrogen and oxygen atoms in total. The van der Waals surface area contributed by atoms with E-state index in [1.807, 2.05) is 0 Å². The zero-order valence-corrected chi connectivity index (χ0v) is 17.3. The number of alkyl halides is 2. The number of carbonyl (C=O) groups excluding carboxylic acids is 1. The van der Waals surface area contributed by atoms with E-state index in [-0.39, 0.29) is 43.3 Å². The molecule has 31 heavy (non-hydrogen) atoms. The molecular weight excluding hydrogens is 426 g/mol. The molecule has 1 saturated carbocycles. The Hall–Kier alpha value is -2.85. The molecule has 0 unspecified atom stereocenters. The molecule has 3 aromatic rings. The fourth-order valence-electron chi connectivity index (χ4n) is 4.41. The van der Waals surface area contributed by atoms with Crippen LogP contribution in [0.1, 0.15) is 28.8 Å². The largest absolute Gasteiger partial charge is 0.348 e. The van der Waals surface area contributed by atoms with Crippen LogP contribution in [0, 0.1) is 5.41 Å². The second-order valence-electron chi connectivity index (χ2n) is 8.42. The summed E-state index contributed by atoms with van der Waals surface area (Å²) in [5.74, 6) is -2.91. The second kappa shape index (κ2) is 6.83. The summed E-state index contributed by atoms with van der Waals surface area (Å²) in [6.07, 6.45) is 4.61. The van der Waals surface area contributed by atoms with Gasteiger partial charge in [-0.3, -0.25) is 4.79 Å². The van der Waals surface area contributed by atoms with E-state index in [2.05, 4.69) is 10.3 Å². The lowest BCUT2D eigenvalue weighted by Crippen LogP contribution is -2.66. The number of nitrogens with one attached hydrogen (secondary N) is 1. The average Bonchev–Trinajstić information content (AvgIpc) is 3.16. The van der Waals surface area contributed by atoms with E-state index in [1.165, 1.54) is 16.4 Å². The molecule has 5 rings (SSSR count). The fourth-order valence-corrected chi connectivity index (χ4v) is 6.07. The molecular formula is C21H20F2N4O3S. The highest BCUT2D eigenvalue weighted by Crippen LogP contribution is 2.57. The Balaban J connectivity index is 1.19. The van der Waals surface area contributed by atoms with Crippen molar-refractivity contribution in [2.45, 2.75) is 30.2 Å². The first-order chi connectivity index (χ1) is 14.7. The number of hydrogen-bond donors (Lipinski definition) is 1. The minimum absolute atomic E-state index is 0.120. The van der Waals surface area contributed by atoms with Crippen LogP contribution in [0.2, 0.25) is 0 Å². The standard InChI is InChI=1S/C21H20F2N4O3S/c22-21(23)11-20(12-21)13-27(14-20)31(29,30)17-4-1-15(2-5-17)9-25-19(28)16-3-6-18-24-7-8-26(18)10-16/h1-8,10H,9,11-14H2,(H,25,28). The lowest BCUT2D eigenvalue weighted by Gasteiger charge is -2.57. The van der Waals surface area contributed by atoms with E-state index < -0.39 is 21.4 Å². The number of benzene rings is 1. The van der Waals surface area contributed by atoms with Crippen LogP contribution in [0.15, 0.2) is 59.9 Å². The van der Waals surface area contributed by atoms with E-state index in [0.29, 0.717) is 5.56 Å². The third-order valence-corrected chi connectivity index (χ3v) is 7.76. The van der Waals surface area contributed by atoms with Crippen LogP contribution in [0.25, 0.3) is 5.65 Å². The third-order valence-electron chi connectivity index (χ3n) is 5.96. The Morgan fingerprint density at radius 2 is 1.81 bits per heavy atom. The van der Waals surface area contributed by atoms with Crippen LogP contribution in [0.3, 0.4) is 0 Å². The number of nitrogens with zero attached hydrogens (tertiary/aromatic N) is 3. The van der Waals surface area contributed by atoms with Gasteiger partial charge in [0, 0.05) is 56.5 Å². The summed E-state index contributed by atoms with van der Waals surface area (Å²) in [6.45, 7) is 0.525. The van der Waals surface area contributed by atoms with Gasteiger partial charge in [-0.25, -0.2) is 22.2 Å². The Labute approximate surface area is 177 Å². The van der Waals surface area contributed by atoms with Gasteiger partial charge in [-0.05, 0) is 29.8 Å². The number of pyridine rings is 1. The van der Waals surface area contributed by atoms with E-state index in [4.69, 9.17) is 0 Å². The highest BCUT2D eigenvalue weighted by Gasteiger charge is 2.63. The zero-order valence-electron chi connectivity index (χ0n) is 16.5. The number of aromatic nitrogens is 2. The van der Waals surface area contributed by atoms with Crippen LogP contribution in [-0.2, 0) is 16.6 Å². The van der Waals surface area contributed by atoms with Crippen LogP contribution in [0.4, 0.5) is 8.78 Å². The van der Waals surface area contributed by atoms with E-state index >= 15 is 0 Å². The Bertz CT molecular complexity index is 1260. The van der Waals surface area contributed by atoms with Crippen molar-refractivity contribution < 1.29 is 22.0 Å². The molecule has 3 heterocycles. The lowest BCUT2D eigenvalue weighted by atomic mass is 9.62. The number of hydrogen-bond acceptors (Lipinski definition) is 4. The van der Waals surface area contributed by atoms with Gasteiger partial charge in [0.05, 0.1) is 10.5 Å². The highest BCUT2D eigenvalue weighted by molar-refractivity contribution is 7.89. The topological polar surface area (TPSA) is 83.8 Å². The maximum Gasteiger partial charge on any atom is 0.253 e. The van der Waals surface area contributed by atoms with E-state index in [0.717, 1.165) is 11.2 Å². The first-order valence-electron chi connectivity index (χ1n) is 9.84. The maximum absolute atomic E-state index is 13.1. The summed E-state index contributed by atoms with van der Waals surface area (Å²) in [6, 6.07) is 9.67. The Morgan fingerprint density at radius 3 is 2.48 bits per heavy atom. The predicted octanol–water partition coefficient (Wildman–Crippen LogP) is 2.68. The molecule has 1 aliphatic carbocycles. The fraction of sp³-hybridized carbons (Fsp3) is 0.333. The normalized spacial score (nSPS) is 19.7. The van der Waals surface area contributed by atoms with Gasteiger partial charge in [-0.15, -0.1) is 0 Å². The Morgan fingerprint density at radius 1 is 1.10 bits per heavy atom. The van der Waals surface area contributed by atoms with Crippen LogP contribution >= 0.6 is 0 Å². The van der Waals surface area contributed by atoms with Gasteiger partial charge in [0.15, 0.2) is 0 Å². The SMILES string of the molecule is O=C(NCc1ccc(S(=O)(=O)N2CC3(C2)CC(F)(F)C3)cc1)c1ccc2nccn2c1. The molecule has 2 aromatic heterocycles. The van der Waals surface area contributed by atoms with Crippen molar-refractivity contribution in [3.63, 3.8) is 0 Å².